The van der Waals surface area contributed by atoms with Crippen molar-refractivity contribution in [2.45, 2.75) is 6.92 Å². The molecule has 0 bridgehead atoms. The topological polar surface area (TPSA) is 37.5 Å². The maximum Gasteiger partial charge on any atom is 0.228 e. The molecule has 5 heteroatoms. The molecule has 0 aliphatic rings. The van der Waals surface area contributed by atoms with Crippen LogP contribution in [0.4, 0.5) is 11.4 Å². The lowest BCUT2D eigenvalue weighted by atomic mass is 10.1. The Morgan fingerprint density at radius 3 is 2.52 bits per heavy atom. The standard InChI is InChI=1S/C18H15ClN2OS/c1-11(23)16-10-12-9-13(19)3-8-17(12)22-18(16)21-15-6-4-14(20-2)5-7-15/h3-10,20H,1-2H3. The lowest BCUT2D eigenvalue weighted by molar-refractivity contribution is 0.543. The van der Waals surface area contributed by atoms with E-state index < -0.39 is 0 Å². The number of fused-ring (bicyclic) bond motifs is 1. The first-order valence-electron chi connectivity index (χ1n) is 7.14. The minimum Gasteiger partial charge on any atom is -0.438 e. The van der Waals surface area contributed by atoms with E-state index in [0.717, 1.165) is 32.8 Å². The van der Waals surface area contributed by atoms with E-state index in [1.54, 1.807) is 6.07 Å². The molecule has 0 saturated heterocycles. The summed E-state index contributed by atoms with van der Waals surface area (Å²) >= 11 is 11.4. The number of hydrogen-bond donors (Lipinski definition) is 1. The Bertz CT molecular complexity index is 945. The number of rotatable bonds is 3. The molecule has 2 aromatic carbocycles. The second-order valence-corrected chi connectivity index (χ2v) is 6.16. The Morgan fingerprint density at radius 1 is 1.13 bits per heavy atom. The fourth-order valence-corrected chi connectivity index (χ4v) is 2.58. The fourth-order valence-electron chi connectivity index (χ4n) is 2.26. The van der Waals surface area contributed by atoms with Gasteiger partial charge in [0, 0.05) is 28.0 Å². The molecule has 3 nitrogen and oxygen atoms in total. The average molecular weight is 343 g/mol. The Balaban J connectivity index is 2.21. The molecule has 1 aromatic heterocycles. The van der Waals surface area contributed by atoms with Crippen molar-refractivity contribution in [1.29, 1.82) is 0 Å². The summed E-state index contributed by atoms with van der Waals surface area (Å²) in [5.74, 6) is 0. The van der Waals surface area contributed by atoms with Gasteiger partial charge in [-0.1, -0.05) is 23.8 Å². The maximum atomic E-state index is 6.04. The highest BCUT2D eigenvalue weighted by Gasteiger charge is 2.06. The quantitative estimate of drug-likeness (QED) is 0.531. The Labute approximate surface area is 144 Å². The first-order valence-corrected chi connectivity index (χ1v) is 7.92. The number of thiocarbonyl (C=S) groups is 1. The monoisotopic (exact) mass is 342 g/mol. The molecular formula is C18H15ClN2OS. The van der Waals surface area contributed by atoms with Crippen molar-refractivity contribution in [3.05, 3.63) is 64.7 Å². The predicted octanol–water partition coefficient (Wildman–Crippen LogP) is 5.10. The molecule has 0 aliphatic heterocycles. The maximum absolute atomic E-state index is 6.04. The van der Waals surface area contributed by atoms with E-state index in [1.807, 2.05) is 56.4 Å². The van der Waals surface area contributed by atoms with Gasteiger partial charge in [0.2, 0.25) is 5.55 Å². The molecule has 0 spiro atoms. The van der Waals surface area contributed by atoms with Crippen LogP contribution < -0.4 is 10.9 Å². The first kappa shape index (κ1) is 15.7. The minimum absolute atomic E-state index is 0.504. The average Bonchev–Trinajstić information content (AvgIpc) is 2.55. The summed E-state index contributed by atoms with van der Waals surface area (Å²) in [6.45, 7) is 1.86. The van der Waals surface area contributed by atoms with Gasteiger partial charge in [0.15, 0.2) is 0 Å². The third-order valence-corrected chi connectivity index (χ3v) is 3.93. The number of nitrogens with zero attached hydrogens (tertiary/aromatic N) is 1. The van der Waals surface area contributed by atoms with Gasteiger partial charge in [0.1, 0.15) is 5.58 Å². The number of benzene rings is 2. The van der Waals surface area contributed by atoms with Crippen LogP contribution in [-0.2, 0) is 0 Å². The van der Waals surface area contributed by atoms with Gasteiger partial charge in [-0.15, -0.1) is 0 Å². The van der Waals surface area contributed by atoms with Crippen LogP contribution >= 0.6 is 23.8 Å². The van der Waals surface area contributed by atoms with Gasteiger partial charge in [0.05, 0.1) is 11.3 Å². The van der Waals surface area contributed by atoms with Crippen molar-refractivity contribution in [2.75, 3.05) is 12.4 Å². The molecule has 0 saturated carbocycles. The summed E-state index contributed by atoms with van der Waals surface area (Å²) < 4.78 is 5.94. The molecule has 0 radical (unpaired) electrons. The van der Waals surface area contributed by atoms with E-state index in [4.69, 9.17) is 28.2 Å². The molecule has 116 valence electrons. The highest BCUT2D eigenvalue weighted by Crippen LogP contribution is 2.20. The summed E-state index contributed by atoms with van der Waals surface area (Å²) in [6, 6.07) is 15.2. The predicted molar refractivity (Wildman–Crippen MR) is 99.8 cm³/mol. The molecule has 23 heavy (non-hydrogen) atoms. The summed E-state index contributed by atoms with van der Waals surface area (Å²) in [4.78, 5) is 5.32. The van der Waals surface area contributed by atoms with E-state index in [2.05, 4.69) is 10.3 Å². The van der Waals surface area contributed by atoms with Crippen LogP contribution in [0.15, 0.2) is 57.9 Å². The SMILES string of the molecule is CNc1ccc(N=c2oc3ccc(Cl)cc3cc2C(C)=S)cc1. The Hall–Kier alpha value is -2.17. The highest BCUT2D eigenvalue weighted by atomic mass is 35.5. The second kappa shape index (κ2) is 6.52. The zero-order valence-corrected chi connectivity index (χ0v) is 14.3. The zero-order valence-electron chi connectivity index (χ0n) is 12.8. The number of hydrogen-bond acceptors (Lipinski definition) is 4. The van der Waals surface area contributed by atoms with E-state index in [9.17, 15) is 0 Å². The summed E-state index contributed by atoms with van der Waals surface area (Å²) in [5, 5.41) is 4.64. The first-order chi connectivity index (χ1) is 11.1. The highest BCUT2D eigenvalue weighted by molar-refractivity contribution is 7.80. The van der Waals surface area contributed by atoms with Crippen LogP contribution in [-0.4, -0.2) is 11.9 Å². The summed E-state index contributed by atoms with van der Waals surface area (Å²) in [7, 11) is 1.88. The number of nitrogens with one attached hydrogen (secondary N) is 1. The van der Waals surface area contributed by atoms with Gasteiger partial charge in [-0.3, -0.25) is 0 Å². The summed E-state index contributed by atoms with van der Waals surface area (Å²) in [5.41, 5.74) is 3.86. The van der Waals surface area contributed by atoms with E-state index >= 15 is 0 Å². The van der Waals surface area contributed by atoms with Crippen LogP contribution in [0.2, 0.25) is 5.02 Å². The van der Waals surface area contributed by atoms with Crippen molar-refractivity contribution in [2.24, 2.45) is 4.99 Å². The molecule has 1 heterocycles. The zero-order chi connectivity index (χ0) is 16.4. The van der Waals surface area contributed by atoms with Crippen molar-refractivity contribution in [3.8, 4) is 0 Å². The second-order valence-electron chi connectivity index (χ2n) is 5.11. The van der Waals surface area contributed by atoms with E-state index in [0.29, 0.717) is 10.6 Å². The molecular weight excluding hydrogens is 328 g/mol. The van der Waals surface area contributed by atoms with Crippen molar-refractivity contribution in [3.63, 3.8) is 0 Å². The third-order valence-electron chi connectivity index (χ3n) is 3.47. The minimum atomic E-state index is 0.504. The van der Waals surface area contributed by atoms with E-state index in [1.165, 1.54) is 0 Å². The molecule has 0 unspecified atom stereocenters. The van der Waals surface area contributed by atoms with Gasteiger partial charge < -0.3 is 9.73 Å². The van der Waals surface area contributed by atoms with Gasteiger partial charge in [0.25, 0.3) is 0 Å². The molecule has 0 aliphatic carbocycles. The third kappa shape index (κ3) is 3.44. The molecule has 3 aromatic rings. The molecule has 0 fully saturated rings. The Kier molecular flexibility index (Phi) is 4.46. The number of anilines is 1. The van der Waals surface area contributed by atoms with Crippen molar-refractivity contribution < 1.29 is 4.42 Å². The van der Waals surface area contributed by atoms with Gasteiger partial charge in [-0.2, -0.15) is 0 Å². The molecule has 0 amide bonds. The summed E-state index contributed by atoms with van der Waals surface area (Å²) in [6.07, 6.45) is 0. The molecule has 0 atom stereocenters. The van der Waals surface area contributed by atoms with Crippen LogP contribution in [0, 0.1) is 0 Å². The van der Waals surface area contributed by atoms with Crippen molar-refractivity contribution in [1.82, 2.24) is 0 Å². The molecule has 3 rings (SSSR count). The number of halogens is 1. The smallest absolute Gasteiger partial charge is 0.228 e. The van der Waals surface area contributed by atoms with Crippen LogP contribution in [0.5, 0.6) is 0 Å². The Morgan fingerprint density at radius 2 is 1.87 bits per heavy atom. The van der Waals surface area contributed by atoms with Gasteiger partial charge in [-0.25, -0.2) is 4.99 Å². The van der Waals surface area contributed by atoms with E-state index in [-0.39, 0.29) is 0 Å². The molecule has 1 N–H and O–H groups in total. The van der Waals surface area contributed by atoms with Gasteiger partial charge >= 0.3 is 0 Å². The van der Waals surface area contributed by atoms with Crippen LogP contribution in [0.1, 0.15) is 12.5 Å². The lowest BCUT2D eigenvalue weighted by Gasteiger charge is -2.04. The lowest BCUT2D eigenvalue weighted by Crippen LogP contribution is -2.12. The van der Waals surface area contributed by atoms with Crippen LogP contribution in [0.3, 0.4) is 0 Å². The normalized spacial score (nSPS) is 11.7. The largest absolute Gasteiger partial charge is 0.438 e. The van der Waals surface area contributed by atoms with Crippen LogP contribution in [0.25, 0.3) is 11.0 Å². The van der Waals surface area contributed by atoms with Gasteiger partial charge in [-0.05, 0) is 55.5 Å². The van der Waals surface area contributed by atoms with Crippen molar-refractivity contribution >= 4 is 51.0 Å². The fraction of sp³-hybridized carbons (Fsp3) is 0.111.